The molecular weight excluding hydrogens is 268 g/mol. The number of rotatable bonds is 2. The lowest BCUT2D eigenvalue weighted by molar-refractivity contribution is -0.147. The fourth-order valence-corrected chi connectivity index (χ4v) is 3.95. The van der Waals surface area contributed by atoms with Crippen molar-refractivity contribution in [1.29, 1.82) is 0 Å². The van der Waals surface area contributed by atoms with Gasteiger partial charge in [-0.1, -0.05) is 20.8 Å². The highest BCUT2D eigenvalue weighted by Crippen LogP contribution is 2.69. The van der Waals surface area contributed by atoms with Crippen LogP contribution in [0.2, 0.25) is 0 Å². The van der Waals surface area contributed by atoms with Gasteiger partial charge < -0.3 is 5.32 Å². The van der Waals surface area contributed by atoms with E-state index in [1.165, 1.54) is 0 Å². The van der Waals surface area contributed by atoms with Gasteiger partial charge in [0.05, 0.1) is 0 Å². The molecular formula is C16H18N2O3. The SMILES string of the molecule is CC1(C)[C@]2(C(=O)Nc3ccncc3)CC[C@@]1(C)C(=O)C2=O. The number of ketones is 2. The maximum atomic E-state index is 12.8. The predicted molar refractivity (Wildman–Crippen MR) is 76.4 cm³/mol. The van der Waals surface area contributed by atoms with E-state index >= 15 is 0 Å². The molecule has 1 heterocycles. The molecule has 0 radical (unpaired) electrons. The molecule has 2 fully saturated rings. The summed E-state index contributed by atoms with van der Waals surface area (Å²) in [4.78, 5) is 41.5. The number of aromatic nitrogens is 1. The molecule has 110 valence electrons. The monoisotopic (exact) mass is 286 g/mol. The van der Waals surface area contributed by atoms with Crippen molar-refractivity contribution in [3.05, 3.63) is 24.5 Å². The summed E-state index contributed by atoms with van der Waals surface area (Å²) < 4.78 is 0. The standard InChI is InChI=1S/C16H18N2O3/c1-14(2)15(3)6-7-16(14,12(20)11(15)19)13(21)18-10-4-8-17-9-5-10/h4-5,8-9H,6-7H2,1-3H3,(H,17,18,21)/t15-,16+/m0/s1. The normalized spacial score (nSPS) is 33.3. The maximum absolute atomic E-state index is 12.8. The zero-order chi connectivity index (χ0) is 15.5. The Bertz CT molecular complexity index is 653. The fraction of sp³-hybridized carbons (Fsp3) is 0.500. The van der Waals surface area contributed by atoms with Gasteiger partial charge in [0.15, 0.2) is 0 Å². The Kier molecular flexibility index (Phi) is 2.65. The number of pyridine rings is 1. The number of fused-ring (bicyclic) bond motifs is 2. The van der Waals surface area contributed by atoms with Crippen molar-refractivity contribution < 1.29 is 14.4 Å². The third-order valence-electron chi connectivity index (χ3n) is 5.87. The lowest BCUT2D eigenvalue weighted by Crippen LogP contribution is -2.47. The average molecular weight is 286 g/mol. The van der Waals surface area contributed by atoms with Crippen LogP contribution in [0.25, 0.3) is 0 Å². The average Bonchev–Trinajstić information content (AvgIpc) is 2.72. The molecule has 5 heteroatoms. The van der Waals surface area contributed by atoms with Gasteiger partial charge in [-0.15, -0.1) is 0 Å². The first-order valence-electron chi connectivity index (χ1n) is 7.08. The van der Waals surface area contributed by atoms with E-state index in [1.54, 1.807) is 24.5 Å². The number of hydrogen-bond donors (Lipinski definition) is 1. The second kappa shape index (κ2) is 4.00. The summed E-state index contributed by atoms with van der Waals surface area (Å²) in [6, 6.07) is 3.33. The summed E-state index contributed by atoms with van der Waals surface area (Å²) in [6.45, 7) is 5.52. The van der Waals surface area contributed by atoms with Gasteiger partial charge in [-0.05, 0) is 30.4 Å². The minimum Gasteiger partial charge on any atom is -0.325 e. The second-order valence-corrected chi connectivity index (χ2v) is 6.71. The van der Waals surface area contributed by atoms with Gasteiger partial charge in [-0.25, -0.2) is 0 Å². The highest BCUT2D eigenvalue weighted by atomic mass is 16.2. The molecule has 1 N–H and O–H groups in total. The van der Waals surface area contributed by atoms with Crippen molar-refractivity contribution >= 4 is 23.2 Å². The Labute approximate surface area is 123 Å². The lowest BCUT2D eigenvalue weighted by atomic mass is 9.64. The maximum Gasteiger partial charge on any atom is 0.239 e. The van der Waals surface area contributed by atoms with E-state index in [4.69, 9.17) is 0 Å². The Morgan fingerprint density at radius 1 is 1.10 bits per heavy atom. The molecule has 2 aliphatic carbocycles. The zero-order valence-electron chi connectivity index (χ0n) is 12.4. The number of carbonyl (C=O) groups is 3. The summed E-state index contributed by atoms with van der Waals surface area (Å²) in [5.41, 5.74) is -2.08. The first-order valence-corrected chi connectivity index (χ1v) is 7.08. The Morgan fingerprint density at radius 2 is 1.71 bits per heavy atom. The van der Waals surface area contributed by atoms with Gasteiger partial charge in [0.2, 0.25) is 17.5 Å². The van der Waals surface area contributed by atoms with Gasteiger partial charge >= 0.3 is 0 Å². The van der Waals surface area contributed by atoms with Gasteiger partial charge in [0.1, 0.15) is 5.41 Å². The summed E-state index contributed by atoms with van der Waals surface area (Å²) in [5.74, 6) is -1.31. The molecule has 2 aliphatic rings. The molecule has 0 aliphatic heterocycles. The van der Waals surface area contributed by atoms with E-state index < -0.39 is 27.8 Å². The van der Waals surface area contributed by atoms with Crippen LogP contribution < -0.4 is 5.32 Å². The first-order chi connectivity index (χ1) is 9.77. The van der Waals surface area contributed by atoms with Crippen molar-refractivity contribution in [2.24, 2.45) is 16.2 Å². The third kappa shape index (κ3) is 1.41. The van der Waals surface area contributed by atoms with Crippen LogP contribution in [0.15, 0.2) is 24.5 Å². The molecule has 5 nitrogen and oxygen atoms in total. The quantitative estimate of drug-likeness (QED) is 0.666. The molecule has 2 bridgehead atoms. The Morgan fingerprint density at radius 3 is 2.24 bits per heavy atom. The summed E-state index contributed by atoms with van der Waals surface area (Å²) in [5, 5.41) is 2.77. The van der Waals surface area contributed by atoms with Crippen molar-refractivity contribution in [2.45, 2.75) is 33.6 Å². The van der Waals surface area contributed by atoms with Gasteiger partial charge in [-0.2, -0.15) is 0 Å². The highest BCUT2D eigenvalue weighted by molar-refractivity contribution is 6.49. The largest absolute Gasteiger partial charge is 0.325 e. The van der Waals surface area contributed by atoms with Gasteiger partial charge in [-0.3, -0.25) is 19.4 Å². The van der Waals surface area contributed by atoms with Crippen molar-refractivity contribution in [3.8, 4) is 0 Å². The van der Waals surface area contributed by atoms with E-state index in [9.17, 15) is 14.4 Å². The zero-order valence-corrected chi connectivity index (χ0v) is 12.4. The topological polar surface area (TPSA) is 76.1 Å². The Balaban J connectivity index is 2.02. The molecule has 0 saturated heterocycles. The number of nitrogens with one attached hydrogen (secondary N) is 1. The van der Waals surface area contributed by atoms with Crippen LogP contribution in [0.3, 0.4) is 0 Å². The van der Waals surface area contributed by atoms with Crippen LogP contribution >= 0.6 is 0 Å². The predicted octanol–water partition coefficient (Wildman–Crippen LogP) is 1.98. The molecule has 1 aromatic heterocycles. The minimum atomic E-state index is -1.25. The minimum absolute atomic E-state index is 0.377. The molecule has 2 saturated carbocycles. The van der Waals surface area contributed by atoms with Crippen molar-refractivity contribution in [2.75, 3.05) is 5.32 Å². The fourth-order valence-electron chi connectivity index (χ4n) is 3.95. The smallest absolute Gasteiger partial charge is 0.239 e. The number of Topliss-reactive ketones (excluding diaryl/α,β-unsaturated/α-hetero) is 2. The van der Waals surface area contributed by atoms with Crippen LogP contribution in [0.4, 0.5) is 5.69 Å². The lowest BCUT2D eigenvalue weighted by Gasteiger charge is -2.37. The van der Waals surface area contributed by atoms with Crippen LogP contribution in [0.1, 0.15) is 33.6 Å². The second-order valence-electron chi connectivity index (χ2n) is 6.71. The van der Waals surface area contributed by atoms with E-state index in [0.717, 1.165) is 0 Å². The molecule has 1 aromatic rings. The van der Waals surface area contributed by atoms with Gasteiger partial charge in [0.25, 0.3) is 0 Å². The van der Waals surface area contributed by atoms with Crippen LogP contribution in [-0.2, 0) is 14.4 Å². The molecule has 2 atom stereocenters. The first kappa shape index (κ1) is 13.9. The Hall–Kier alpha value is -2.04. The summed E-state index contributed by atoms with van der Waals surface area (Å²) in [7, 11) is 0. The summed E-state index contributed by atoms with van der Waals surface area (Å²) >= 11 is 0. The number of nitrogens with zero attached hydrogens (tertiary/aromatic N) is 1. The van der Waals surface area contributed by atoms with Crippen molar-refractivity contribution in [3.63, 3.8) is 0 Å². The van der Waals surface area contributed by atoms with Crippen LogP contribution in [0.5, 0.6) is 0 Å². The van der Waals surface area contributed by atoms with E-state index in [0.29, 0.717) is 18.5 Å². The number of hydrogen-bond acceptors (Lipinski definition) is 4. The molecule has 3 rings (SSSR count). The third-order valence-corrected chi connectivity index (χ3v) is 5.87. The number of amides is 1. The van der Waals surface area contributed by atoms with E-state index in [1.807, 2.05) is 20.8 Å². The molecule has 1 amide bonds. The summed E-state index contributed by atoms with van der Waals surface area (Å²) in [6.07, 6.45) is 4.14. The van der Waals surface area contributed by atoms with Crippen LogP contribution in [0, 0.1) is 16.2 Å². The van der Waals surface area contributed by atoms with Crippen molar-refractivity contribution in [1.82, 2.24) is 4.98 Å². The molecule has 0 spiro atoms. The molecule has 21 heavy (non-hydrogen) atoms. The van der Waals surface area contributed by atoms with E-state index in [-0.39, 0.29) is 5.91 Å². The number of carbonyl (C=O) groups excluding carboxylic acids is 3. The molecule has 0 aromatic carbocycles. The molecule has 0 unspecified atom stereocenters. The van der Waals surface area contributed by atoms with E-state index in [2.05, 4.69) is 10.3 Å². The number of anilines is 1. The highest BCUT2D eigenvalue weighted by Gasteiger charge is 2.77. The van der Waals surface area contributed by atoms with Gasteiger partial charge in [0, 0.05) is 23.5 Å². The van der Waals surface area contributed by atoms with Crippen LogP contribution in [-0.4, -0.2) is 22.5 Å².